The molecule has 0 bridgehead atoms. The fourth-order valence-electron chi connectivity index (χ4n) is 3.49. The van der Waals surface area contributed by atoms with Gasteiger partial charge in [0, 0.05) is 0 Å². The van der Waals surface area contributed by atoms with Gasteiger partial charge < -0.3 is 14.8 Å². The maximum atomic E-state index is 14.5. The number of benzene rings is 2. The van der Waals surface area contributed by atoms with Crippen molar-refractivity contribution in [1.29, 1.82) is 0 Å². The van der Waals surface area contributed by atoms with Crippen LogP contribution in [0.15, 0.2) is 60.8 Å². The second kappa shape index (κ2) is 9.21. The average molecular weight is 436 g/mol. The van der Waals surface area contributed by atoms with Gasteiger partial charge in [0.15, 0.2) is 11.6 Å². The van der Waals surface area contributed by atoms with E-state index in [9.17, 15) is 9.18 Å². The Labute approximate surface area is 186 Å². The quantitative estimate of drug-likeness (QED) is 0.522. The molecule has 1 aliphatic rings. The molecule has 2 atom stereocenters. The van der Waals surface area contributed by atoms with Crippen LogP contribution in [0.4, 0.5) is 21.0 Å². The van der Waals surface area contributed by atoms with E-state index in [-0.39, 0.29) is 36.4 Å². The topological polar surface area (TPSA) is 76.6 Å². The van der Waals surface area contributed by atoms with Gasteiger partial charge in [-0.05, 0) is 42.7 Å². The number of para-hydroxylation sites is 1. The number of hydrogen-bond acceptors (Lipinski definition) is 6. The molecule has 166 valence electrons. The predicted octanol–water partition coefficient (Wildman–Crippen LogP) is 5.56. The molecule has 0 saturated carbocycles. The van der Waals surface area contributed by atoms with E-state index in [0.717, 1.165) is 23.3 Å². The molecule has 1 amide bonds. The molecule has 0 unspecified atom stereocenters. The van der Waals surface area contributed by atoms with E-state index in [4.69, 9.17) is 9.47 Å². The molecule has 4 rings (SSSR count). The van der Waals surface area contributed by atoms with Gasteiger partial charge in [-0.2, -0.15) is 4.98 Å². The number of hydrogen-bond donors (Lipinski definition) is 1. The van der Waals surface area contributed by atoms with Crippen LogP contribution in [0.3, 0.4) is 0 Å². The Kier molecular flexibility index (Phi) is 6.20. The van der Waals surface area contributed by atoms with E-state index < -0.39 is 11.9 Å². The molecule has 1 fully saturated rings. The van der Waals surface area contributed by atoms with Crippen LogP contribution in [0.5, 0.6) is 11.5 Å². The van der Waals surface area contributed by atoms with Crippen LogP contribution in [-0.2, 0) is 4.74 Å². The van der Waals surface area contributed by atoms with Crippen LogP contribution in [0.2, 0.25) is 0 Å². The summed E-state index contributed by atoms with van der Waals surface area (Å²) in [4.78, 5) is 21.8. The van der Waals surface area contributed by atoms with Crippen LogP contribution < -0.4 is 15.0 Å². The molecule has 1 aliphatic heterocycles. The Morgan fingerprint density at radius 3 is 2.47 bits per heavy atom. The zero-order valence-electron chi connectivity index (χ0n) is 18.2. The Morgan fingerprint density at radius 1 is 1.09 bits per heavy atom. The summed E-state index contributed by atoms with van der Waals surface area (Å²) in [5.41, 5.74) is 0.973. The van der Waals surface area contributed by atoms with Gasteiger partial charge in [0.25, 0.3) is 0 Å². The average Bonchev–Trinajstić information content (AvgIpc) is 3.18. The summed E-state index contributed by atoms with van der Waals surface area (Å²) in [6, 6.07) is 16.7. The summed E-state index contributed by atoms with van der Waals surface area (Å²) in [7, 11) is 0. The number of cyclic esters (lactones) is 1. The van der Waals surface area contributed by atoms with Crippen LogP contribution in [0.1, 0.15) is 32.4 Å². The van der Waals surface area contributed by atoms with Crippen molar-refractivity contribution in [3.63, 3.8) is 0 Å². The lowest BCUT2D eigenvalue weighted by Crippen LogP contribution is -2.38. The highest BCUT2D eigenvalue weighted by molar-refractivity contribution is 5.89. The number of anilines is 2. The molecule has 0 spiro atoms. The lowest BCUT2D eigenvalue weighted by Gasteiger charge is -2.24. The summed E-state index contributed by atoms with van der Waals surface area (Å²) >= 11 is 0. The van der Waals surface area contributed by atoms with E-state index in [0.29, 0.717) is 0 Å². The third-order valence-corrected chi connectivity index (χ3v) is 5.33. The molecule has 1 N–H and O–H groups in total. The summed E-state index contributed by atoms with van der Waals surface area (Å²) in [5, 5.41) is 3.17. The molecule has 3 aromatic rings. The minimum absolute atomic E-state index is 0.0810. The minimum atomic E-state index is -0.671. The highest BCUT2D eigenvalue weighted by Gasteiger charge is 2.38. The number of rotatable bonds is 7. The van der Waals surface area contributed by atoms with Crippen molar-refractivity contribution in [2.45, 2.75) is 32.9 Å². The lowest BCUT2D eigenvalue weighted by molar-refractivity contribution is 0.177. The molecule has 0 radical (unpaired) electrons. The Balaban J connectivity index is 1.48. The number of aromatic nitrogens is 2. The molecule has 8 heteroatoms. The third-order valence-electron chi connectivity index (χ3n) is 5.33. The summed E-state index contributed by atoms with van der Waals surface area (Å²) < 4.78 is 25.4. The molecule has 7 nitrogen and oxygen atoms in total. The molecule has 2 aromatic carbocycles. The van der Waals surface area contributed by atoms with Crippen molar-refractivity contribution >= 4 is 17.9 Å². The normalized spacial score (nSPS) is 16.7. The summed E-state index contributed by atoms with van der Waals surface area (Å²) in [6.45, 7) is 6.05. The van der Waals surface area contributed by atoms with Gasteiger partial charge in [0.2, 0.25) is 5.95 Å². The highest BCUT2D eigenvalue weighted by atomic mass is 19.1. The van der Waals surface area contributed by atoms with Crippen LogP contribution in [0.25, 0.3) is 0 Å². The van der Waals surface area contributed by atoms with Crippen LogP contribution in [-0.4, -0.2) is 28.7 Å². The van der Waals surface area contributed by atoms with Gasteiger partial charge in [-0.15, -0.1) is 0 Å². The fourth-order valence-corrected chi connectivity index (χ4v) is 3.49. The number of amides is 1. The van der Waals surface area contributed by atoms with Gasteiger partial charge in [0.05, 0.1) is 18.3 Å². The first kappa shape index (κ1) is 21.5. The second-order valence-corrected chi connectivity index (χ2v) is 7.97. The number of nitrogens with zero attached hydrogens (tertiary/aromatic N) is 3. The van der Waals surface area contributed by atoms with Crippen LogP contribution in [0, 0.1) is 11.7 Å². The molecule has 0 aliphatic carbocycles. The monoisotopic (exact) mass is 436 g/mol. The SMILES string of the molecule is CC(C)[C@H]1COC(=O)N1c1nc(N[C@@H](C)c2ccc(Oc3ccccc3)cc2)ncc1F. The molecule has 1 saturated heterocycles. The van der Waals surface area contributed by atoms with Gasteiger partial charge in [-0.1, -0.05) is 44.2 Å². The fraction of sp³-hybridized carbons (Fsp3) is 0.292. The molecule has 2 heterocycles. The van der Waals surface area contributed by atoms with Crippen molar-refractivity contribution in [1.82, 2.24) is 9.97 Å². The van der Waals surface area contributed by atoms with Crippen molar-refractivity contribution in [3.8, 4) is 11.5 Å². The Morgan fingerprint density at radius 2 is 1.78 bits per heavy atom. The van der Waals surface area contributed by atoms with E-state index in [1.54, 1.807) is 0 Å². The zero-order valence-corrected chi connectivity index (χ0v) is 18.2. The smallest absolute Gasteiger partial charge is 0.416 e. The largest absolute Gasteiger partial charge is 0.457 e. The Hall–Kier alpha value is -3.68. The van der Waals surface area contributed by atoms with E-state index in [1.165, 1.54) is 4.90 Å². The van der Waals surface area contributed by atoms with Crippen molar-refractivity contribution in [2.75, 3.05) is 16.8 Å². The first-order chi connectivity index (χ1) is 15.4. The first-order valence-electron chi connectivity index (χ1n) is 10.5. The standard InChI is InChI=1S/C24H25FN4O3/c1-15(2)21-14-31-24(30)29(21)22-20(25)13-26-23(28-22)27-16(3)17-9-11-19(12-10-17)32-18-7-5-4-6-8-18/h4-13,15-16,21H,14H2,1-3H3,(H,26,27,28)/t16-,21+/m0/s1. The van der Waals surface area contributed by atoms with Crippen molar-refractivity contribution < 1.29 is 18.7 Å². The molecular weight excluding hydrogens is 411 g/mol. The third kappa shape index (κ3) is 4.64. The van der Waals surface area contributed by atoms with Crippen LogP contribution >= 0.6 is 0 Å². The number of ether oxygens (including phenoxy) is 2. The van der Waals surface area contributed by atoms with Gasteiger partial charge in [0.1, 0.15) is 18.1 Å². The number of carbonyl (C=O) groups excluding carboxylic acids is 1. The summed E-state index contributed by atoms with van der Waals surface area (Å²) in [6.07, 6.45) is 0.464. The highest BCUT2D eigenvalue weighted by Crippen LogP contribution is 2.29. The Bertz CT molecular complexity index is 1080. The van der Waals surface area contributed by atoms with Gasteiger partial charge >= 0.3 is 6.09 Å². The maximum Gasteiger partial charge on any atom is 0.416 e. The zero-order chi connectivity index (χ0) is 22.7. The molecular formula is C24H25FN4O3. The van der Waals surface area contributed by atoms with E-state index >= 15 is 0 Å². The molecule has 32 heavy (non-hydrogen) atoms. The van der Waals surface area contributed by atoms with Gasteiger partial charge in [-0.25, -0.2) is 14.2 Å². The maximum absolute atomic E-state index is 14.5. The van der Waals surface area contributed by atoms with Crippen molar-refractivity contribution in [2.24, 2.45) is 5.92 Å². The van der Waals surface area contributed by atoms with E-state index in [2.05, 4.69) is 15.3 Å². The number of halogens is 1. The van der Waals surface area contributed by atoms with E-state index in [1.807, 2.05) is 75.4 Å². The number of nitrogens with one attached hydrogen (secondary N) is 1. The van der Waals surface area contributed by atoms with Crippen molar-refractivity contribution in [3.05, 3.63) is 72.2 Å². The second-order valence-electron chi connectivity index (χ2n) is 7.97. The minimum Gasteiger partial charge on any atom is -0.457 e. The molecule has 1 aromatic heterocycles. The number of carbonyl (C=O) groups is 1. The summed E-state index contributed by atoms with van der Waals surface area (Å²) in [5.74, 6) is 1.04. The first-order valence-corrected chi connectivity index (χ1v) is 10.5. The predicted molar refractivity (Wildman–Crippen MR) is 119 cm³/mol. The lowest BCUT2D eigenvalue weighted by atomic mass is 10.0. The van der Waals surface area contributed by atoms with Gasteiger partial charge in [-0.3, -0.25) is 4.90 Å².